The van der Waals surface area contributed by atoms with Crippen molar-refractivity contribution in [3.8, 4) is 11.5 Å². The molecule has 2 aliphatic carbocycles. The maximum absolute atomic E-state index is 11.6. The normalized spacial score (nSPS) is 48.7. The van der Waals surface area contributed by atoms with Crippen LogP contribution in [0.5, 0.6) is 11.5 Å². The lowest BCUT2D eigenvalue weighted by molar-refractivity contribution is -0.0707. The van der Waals surface area contributed by atoms with Crippen molar-refractivity contribution in [1.82, 2.24) is 4.90 Å². The van der Waals surface area contributed by atoms with Gasteiger partial charge in [-0.25, -0.2) is 0 Å². The fraction of sp³-hybridized carbons (Fsp3) is 0.647. The second-order valence-electron chi connectivity index (χ2n) is 7.67. The molecule has 1 aromatic rings. The van der Waals surface area contributed by atoms with Crippen LogP contribution in [0.3, 0.4) is 0 Å². The van der Waals surface area contributed by atoms with Crippen LogP contribution in [-0.2, 0) is 5.60 Å². The molecule has 23 heavy (non-hydrogen) atoms. The summed E-state index contributed by atoms with van der Waals surface area (Å²) in [6.45, 7) is 1.62. The van der Waals surface area contributed by atoms with Gasteiger partial charge in [0.2, 0.25) is 6.79 Å². The van der Waals surface area contributed by atoms with E-state index in [1.807, 2.05) is 12.1 Å². The van der Waals surface area contributed by atoms with Gasteiger partial charge in [0.05, 0.1) is 12.2 Å². The average molecular weight is 317 g/mol. The largest absolute Gasteiger partial charge is 0.454 e. The van der Waals surface area contributed by atoms with Gasteiger partial charge in [-0.15, -0.1) is 0 Å². The number of nitrogens with zero attached hydrogens (tertiary/aromatic N) is 1. The molecule has 6 heteroatoms. The fourth-order valence-electron chi connectivity index (χ4n) is 6.41. The minimum Gasteiger partial charge on any atom is -0.454 e. The zero-order chi connectivity index (χ0) is 15.6. The minimum absolute atomic E-state index is 0.183. The molecule has 3 N–H and O–H groups in total. The summed E-state index contributed by atoms with van der Waals surface area (Å²) in [6, 6.07) is 3.77. The molecule has 3 aliphatic heterocycles. The Labute approximate surface area is 133 Å². The molecule has 1 spiro atoms. The van der Waals surface area contributed by atoms with Gasteiger partial charge in [-0.3, -0.25) is 4.90 Å². The van der Waals surface area contributed by atoms with Crippen molar-refractivity contribution in [2.45, 2.75) is 42.1 Å². The Balaban J connectivity index is 1.69. The van der Waals surface area contributed by atoms with Crippen molar-refractivity contribution >= 4 is 0 Å². The van der Waals surface area contributed by atoms with Crippen molar-refractivity contribution in [3.63, 3.8) is 0 Å². The Morgan fingerprint density at radius 1 is 1.13 bits per heavy atom. The summed E-state index contributed by atoms with van der Waals surface area (Å²) in [5.74, 6) is 0.783. The summed E-state index contributed by atoms with van der Waals surface area (Å²) in [6.07, 6.45) is 0.195. The highest BCUT2D eigenvalue weighted by atomic mass is 16.7. The van der Waals surface area contributed by atoms with E-state index in [2.05, 4.69) is 4.90 Å². The first-order valence-corrected chi connectivity index (χ1v) is 8.35. The molecule has 0 radical (unpaired) electrons. The van der Waals surface area contributed by atoms with E-state index >= 15 is 0 Å². The predicted molar refractivity (Wildman–Crippen MR) is 78.2 cm³/mol. The minimum atomic E-state index is -1.13. The van der Waals surface area contributed by atoms with Crippen LogP contribution >= 0.6 is 0 Å². The number of fused-ring (bicyclic) bond motifs is 4. The first-order valence-electron chi connectivity index (χ1n) is 8.35. The molecule has 0 unspecified atom stereocenters. The second-order valence-corrected chi connectivity index (χ2v) is 7.67. The van der Waals surface area contributed by atoms with Crippen molar-refractivity contribution in [2.75, 3.05) is 19.9 Å². The van der Waals surface area contributed by atoms with Crippen LogP contribution in [-0.4, -0.2) is 57.8 Å². The SMILES string of the molecule is O[C@@H]1[C@H](O)[C@H]2[C@]34CCCN3C[C@@]2(O)c2cc3c(cc2[C@H]14)OCO3. The fourth-order valence-corrected chi connectivity index (χ4v) is 6.41. The summed E-state index contributed by atoms with van der Waals surface area (Å²) in [5.41, 5.74) is 0.257. The molecule has 3 heterocycles. The van der Waals surface area contributed by atoms with E-state index in [9.17, 15) is 15.3 Å². The lowest BCUT2D eigenvalue weighted by atomic mass is 9.64. The standard InChI is InChI=1S/C17H19NO5/c19-13-12-8-4-10-11(23-7-22-10)5-9(8)17(21)6-18-3-1-2-16(12,18)15(17)14(13)20/h4-5,12-15,19-21H,1-3,6-7H2/t12-,13+,14+,15+,16-,17-/m1/s1. The Morgan fingerprint density at radius 2 is 1.91 bits per heavy atom. The van der Waals surface area contributed by atoms with Crippen LogP contribution in [0.1, 0.15) is 29.9 Å². The molecule has 6 rings (SSSR count). The molecule has 3 fully saturated rings. The molecule has 6 nitrogen and oxygen atoms in total. The molecule has 5 aliphatic rings. The van der Waals surface area contributed by atoms with Gasteiger partial charge in [0.1, 0.15) is 5.60 Å². The number of aliphatic hydroxyl groups excluding tert-OH is 2. The van der Waals surface area contributed by atoms with E-state index in [0.717, 1.165) is 30.5 Å². The van der Waals surface area contributed by atoms with Crippen LogP contribution in [0.15, 0.2) is 12.1 Å². The monoisotopic (exact) mass is 317 g/mol. The smallest absolute Gasteiger partial charge is 0.231 e. The van der Waals surface area contributed by atoms with Gasteiger partial charge < -0.3 is 24.8 Å². The lowest BCUT2D eigenvalue weighted by Gasteiger charge is -2.44. The number of ether oxygens (including phenoxy) is 2. The number of β-amino-alcohol motifs (C(OH)–C–C–N with tert-alkyl or cyclic N) is 1. The van der Waals surface area contributed by atoms with Gasteiger partial charge in [0.15, 0.2) is 11.5 Å². The molecule has 6 atom stereocenters. The van der Waals surface area contributed by atoms with Crippen LogP contribution < -0.4 is 9.47 Å². The van der Waals surface area contributed by atoms with Crippen LogP contribution in [0.25, 0.3) is 0 Å². The van der Waals surface area contributed by atoms with Crippen molar-refractivity contribution in [2.24, 2.45) is 5.92 Å². The lowest BCUT2D eigenvalue weighted by Crippen LogP contribution is -2.51. The van der Waals surface area contributed by atoms with E-state index in [1.165, 1.54) is 0 Å². The maximum atomic E-state index is 11.6. The Morgan fingerprint density at radius 3 is 2.74 bits per heavy atom. The third kappa shape index (κ3) is 1.16. The molecule has 1 saturated carbocycles. The highest BCUT2D eigenvalue weighted by molar-refractivity contribution is 5.58. The van der Waals surface area contributed by atoms with Crippen LogP contribution in [0, 0.1) is 5.92 Å². The molecule has 122 valence electrons. The second kappa shape index (κ2) is 3.67. The predicted octanol–water partition coefficient (Wildman–Crippen LogP) is -0.100. The number of aliphatic hydroxyl groups is 3. The molecule has 1 aromatic carbocycles. The molecule has 2 saturated heterocycles. The third-order valence-electron chi connectivity index (χ3n) is 7.00. The molecular weight excluding hydrogens is 298 g/mol. The average Bonchev–Trinajstić information content (AvgIpc) is 3.19. The Bertz CT molecular complexity index is 738. The number of rotatable bonds is 0. The number of benzene rings is 1. The molecule has 0 amide bonds. The zero-order valence-corrected chi connectivity index (χ0v) is 12.6. The number of hydrogen-bond donors (Lipinski definition) is 3. The van der Waals surface area contributed by atoms with Crippen LogP contribution in [0.2, 0.25) is 0 Å². The van der Waals surface area contributed by atoms with Crippen molar-refractivity contribution in [3.05, 3.63) is 23.3 Å². The third-order valence-corrected chi connectivity index (χ3v) is 7.00. The van der Waals surface area contributed by atoms with Gasteiger partial charge >= 0.3 is 0 Å². The van der Waals surface area contributed by atoms with E-state index in [0.29, 0.717) is 18.0 Å². The van der Waals surface area contributed by atoms with Crippen molar-refractivity contribution in [1.29, 1.82) is 0 Å². The van der Waals surface area contributed by atoms with Gasteiger partial charge in [-0.05, 0) is 42.6 Å². The summed E-state index contributed by atoms with van der Waals surface area (Å²) < 4.78 is 11.0. The summed E-state index contributed by atoms with van der Waals surface area (Å²) in [4.78, 5) is 2.30. The van der Waals surface area contributed by atoms with E-state index in [-0.39, 0.29) is 24.2 Å². The van der Waals surface area contributed by atoms with Gasteiger partial charge in [-0.2, -0.15) is 0 Å². The summed E-state index contributed by atoms with van der Waals surface area (Å²) >= 11 is 0. The quantitative estimate of drug-likeness (QED) is 0.620. The highest BCUT2D eigenvalue weighted by Crippen LogP contribution is 2.69. The summed E-state index contributed by atoms with van der Waals surface area (Å²) in [7, 11) is 0. The molecule has 0 aromatic heterocycles. The van der Waals surface area contributed by atoms with Crippen molar-refractivity contribution < 1.29 is 24.8 Å². The maximum Gasteiger partial charge on any atom is 0.231 e. The first kappa shape index (κ1) is 13.0. The van der Waals surface area contributed by atoms with Gasteiger partial charge in [0, 0.05) is 23.9 Å². The topological polar surface area (TPSA) is 82.4 Å². The first-order chi connectivity index (χ1) is 11.1. The Kier molecular flexibility index (Phi) is 2.07. The molecule has 4 bridgehead atoms. The van der Waals surface area contributed by atoms with E-state index in [4.69, 9.17) is 9.47 Å². The van der Waals surface area contributed by atoms with Gasteiger partial charge in [0.25, 0.3) is 0 Å². The van der Waals surface area contributed by atoms with E-state index < -0.39 is 17.8 Å². The van der Waals surface area contributed by atoms with Gasteiger partial charge in [-0.1, -0.05) is 0 Å². The number of hydrogen-bond acceptors (Lipinski definition) is 6. The van der Waals surface area contributed by atoms with Crippen LogP contribution in [0.4, 0.5) is 0 Å². The highest BCUT2D eigenvalue weighted by Gasteiger charge is 2.77. The zero-order valence-electron chi connectivity index (χ0n) is 12.6. The Hall–Kier alpha value is -1.34. The molecular formula is C17H19NO5. The van der Waals surface area contributed by atoms with E-state index in [1.54, 1.807) is 0 Å². The summed E-state index contributed by atoms with van der Waals surface area (Å²) in [5, 5.41) is 33.1.